The minimum atomic E-state index is 0. The first-order valence-electron chi connectivity index (χ1n) is 15.0. The van der Waals surface area contributed by atoms with Gasteiger partial charge in [-0.3, -0.25) is 9.97 Å². The van der Waals surface area contributed by atoms with E-state index in [1.165, 1.54) is 27.6 Å². The summed E-state index contributed by atoms with van der Waals surface area (Å²) in [5, 5.41) is 4.18. The van der Waals surface area contributed by atoms with E-state index in [-0.39, 0.29) is 21.1 Å². The number of pyridine rings is 3. The van der Waals surface area contributed by atoms with Crippen molar-refractivity contribution >= 4 is 49.4 Å². The van der Waals surface area contributed by atoms with Gasteiger partial charge in [0.15, 0.2) is 0 Å². The van der Waals surface area contributed by atoms with Gasteiger partial charge in [0.25, 0.3) is 0 Å². The number of ether oxygens (including phenoxy) is 1. The Morgan fingerprint density at radius 1 is 0.717 bits per heavy atom. The zero-order valence-electron chi connectivity index (χ0n) is 24.6. The molecule has 0 bridgehead atoms. The fourth-order valence-electron chi connectivity index (χ4n) is 6.98. The second-order valence-corrected chi connectivity index (χ2v) is 11.6. The fourth-order valence-corrected chi connectivity index (χ4v) is 6.98. The Morgan fingerprint density at radius 3 is 2.48 bits per heavy atom. The first-order chi connectivity index (χ1) is 22.2. The van der Waals surface area contributed by atoms with Gasteiger partial charge in [0.05, 0.1) is 27.9 Å². The second kappa shape index (κ2) is 10.1. The molecule has 7 heteroatoms. The van der Waals surface area contributed by atoms with E-state index in [1.54, 1.807) is 0 Å². The van der Waals surface area contributed by atoms with E-state index in [1.807, 2.05) is 42.7 Å². The van der Waals surface area contributed by atoms with Crippen LogP contribution in [0.1, 0.15) is 16.7 Å². The van der Waals surface area contributed by atoms with Crippen LogP contribution < -0.4 is 4.74 Å². The molecule has 0 aliphatic carbocycles. The van der Waals surface area contributed by atoms with E-state index >= 15 is 0 Å². The third-order valence-electron chi connectivity index (χ3n) is 9.01. The van der Waals surface area contributed by atoms with E-state index in [9.17, 15) is 0 Å². The van der Waals surface area contributed by atoms with Crippen molar-refractivity contribution in [2.45, 2.75) is 13.3 Å². The van der Waals surface area contributed by atoms with Gasteiger partial charge in [-0.25, -0.2) is 4.98 Å². The van der Waals surface area contributed by atoms with Crippen LogP contribution in [0.5, 0.6) is 11.5 Å². The van der Waals surface area contributed by atoms with Gasteiger partial charge < -0.3 is 13.7 Å². The van der Waals surface area contributed by atoms with Gasteiger partial charge in [-0.1, -0.05) is 71.1 Å². The smallest absolute Gasteiger partial charge is 0.503 e. The normalized spacial score (nSPS) is 12.2. The summed E-state index contributed by atoms with van der Waals surface area (Å²) >= 11 is 0. The molecule has 10 rings (SSSR count). The Labute approximate surface area is 278 Å². The quantitative estimate of drug-likeness (QED) is 0.133. The van der Waals surface area contributed by atoms with Crippen molar-refractivity contribution in [2.24, 2.45) is 0 Å². The van der Waals surface area contributed by atoms with Gasteiger partial charge in [-0.2, -0.15) is 6.07 Å². The van der Waals surface area contributed by atoms with Crippen molar-refractivity contribution in [3.63, 3.8) is 0 Å². The Morgan fingerprint density at radius 2 is 1.54 bits per heavy atom. The molecule has 0 saturated heterocycles. The SMILES string of the molecule is Cc1ccccc1-c1cn2c3cccnc3c3ccc(Oc4[c-]c5c(cc4)Cc4cccc6c7cccnc7n-5c46)[c-]c3c2n1.[Pt+2]. The van der Waals surface area contributed by atoms with Gasteiger partial charge in [0, 0.05) is 46.4 Å². The van der Waals surface area contributed by atoms with Crippen molar-refractivity contribution in [1.82, 2.24) is 23.9 Å². The van der Waals surface area contributed by atoms with E-state index in [0.29, 0.717) is 11.5 Å². The fraction of sp³-hybridized carbons (Fsp3) is 0.0513. The summed E-state index contributed by atoms with van der Waals surface area (Å²) < 4.78 is 10.8. The number of fused-ring (bicyclic) bond motifs is 11. The van der Waals surface area contributed by atoms with Crippen LogP contribution in [-0.2, 0) is 27.5 Å². The molecular formula is C39H23N5OPt. The number of nitrogens with zero attached hydrogens (tertiary/aromatic N) is 5. The molecule has 220 valence electrons. The van der Waals surface area contributed by atoms with Crippen molar-refractivity contribution in [3.8, 4) is 28.4 Å². The number of aryl methyl sites for hydroxylation is 1. The molecule has 4 aromatic carbocycles. The zero-order valence-corrected chi connectivity index (χ0v) is 26.8. The van der Waals surface area contributed by atoms with E-state index in [4.69, 9.17) is 19.7 Å². The Bertz CT molecular complexity index is 2690. The van der Waals surface area contributed by atoms with Crippen LogP contribution >= 0.6 is 0 Å². The van der Waals surface area contributed by atoms with Crippen LogP contribution in [-0.4, -0.2) is 23.9 Å². The van der Waals surface area contributed by atoms with Crippen molar-refractivity contribution < 1.29 is 25.8 Å². The summed E-state index contributed by atoms with van der Waals surface area (Å²) in [6.07, 6.45) is 6.60. The van der Waals surface area contributed by atoms with E-state index in [2.05, 4.69) is 94.9 Å². The summed E-state index contributed by atoms with van der Waals surface area (Å²) in [5.41, 5.74) is 11.5. The number of hydrogen-bond donors (Lipinski definition) is 0. The maximum atomic E-state index is 6.49. The summed E-state index contributed by atoms with van der Waals surface area (Å²) in [6.45, 7) is 2.11. The average Bonchev–Trinajstić information content (AvgIpc) is 3.67. The molecular weight excluding hydrogens is 750 g/mol. The third-order valence-corrected chi connectivity index (χ3v) is 9.01. The topological polar surface area (TPSA) is 57.2 Å². The number of benzene rings is 4. The maximum absolute atomic E-state index is 6.49. The number of rotatable bonds is 3. The molecule has 9 aromatic rings. The van der Waals surface area contributed by atoms with Crippen LogP contribution in [0.15, 0.2) is 110 Å². The predicted octanol–water partition coefficient (Wildman–Crippen LogP) is 8.80. The van der Waals surface area contributed by atoms with E-state index < -0.39 is 0 Å². The van der Waals surface area contributed by atoms with Crippen LogP contribution in [0.2, 0.25) is 0 Å². The van der Waals surface area contributed by atoms with Crippen LogP contribution in [0.4, 0.5) is 0 Å². The molecule has 0 atom stereocenters. The van der Waals surface area contributed by atoms with Crippen LogP contribution in [0.25, 0.3) is 66.3 Å². The van der Waals surface area contributed by atoms with Crippen LogP contribution in [0, 0.1) is 19.1 Å². The molecule has 0 amide bonds. The van der Waals surface area contributed by atoms with Crippen molar-refractivity contribution in [3.05, 3.63) is 138 Å². The summed E-state index contributed by atoms with van der Waals surface area (Å²) in [5.74, 6) is 1.21. The average molecular weight is 773 g/mol. The van der Waals surface area contributed by atoms with Gasteiger partial charge >= 0.3 is 21.1 Å². The molecule has 6 nitrogen and oxygen atoms in total. The Balaban J connectivity index is 0.00000292. The minimum absolute atomic E-state index is 0. The predicted molar refractivity (Wildman–Crippen MR) is 177 cm³/mol. The first-order valence-corrected chi connectivity index (χ1v) is 15.0. The zero-order chi connectivity index (χ0) is 29.6. The van der Waals surface area contributed by atoms with Crippen molar-refractivity contribution in [1.29, 1.82) is 0 Å². The standard InChI is InChI=1S/C39H23N5O.Pt/c1-23-7-2-3-9-28(23)33-22-43-34-12-6-17-40-36(34)29-16-15-26(20-32(29)39(43)42-33)45-27-14-13-24-19-25-8-4-10-30-31-11-5-18-41-38(31)44(37(25)30)35(24)21-27;/h2-18,22H,19H2,1H3;/q-2;+2. The first kappa shape index (κ1) is 27.0. The summed E-state index contributed by atoms with van der Waals surface area (Å²) in [4.78, 5) is 14.7. The number of aromatic nitrogens is 5. The summed E-state index contributed by atoms with van der Waals surface area (Å²) in [6, 6.07) is 38.3. The number of hydrogen-bond acceptors (Lipinski definition) is 4. The Kier molecular flexibility index (Phi) is 5.93. The van der Waals surface area contributed by atoms with E-state index in [0.717, 1.165) is 61.9 Å². The maximum Gasteiger partial charge on any atom is 2.00 e. The molecule has 46 heavy (non-hydrogen) atoms. The minimum Gasteiger partial charge on any atom is -0.503 e. The molecule has 0 N–H and O–H groups in total. The molecule has 0 saturated carbocycles. The molecule has 0 unspecified atom stereocenters. The Hall–Kier alpha value is -5.32. The molecule has 0 radical (unpaired) electrons. The van der Waals surface area contributed by atoms with Gasteiger partial charge in [0.2, 0.25) is 0 Å². The monoisotopic (exact) mass is 772 g/mol. The molecule has 1 aliphatic heterocycles. The summed E-state index contributed by atoms with van der Waals surface area (Å²) in [7, 11) is 0. The van der Waals surface area contributed by atoms with Gasteiger partial charge in [-0.15, -0.1) is 23.8 Å². The van der Waals surface area contributed by atoms with Crippen molar-refractivity contribution in [2.75, 3.05) is 0 Å². The molecule has 1 aliphatic rings. The molecule has 6 heterocycles. The number of para-hydroxylation sites is 1. The largest absolute Gasteiger partial charge is 2.00 e. The number of imidazole rings is 1. The molecule has 0 fully saturated rings. The van der Waals surface area contributed by atoms with Gasteiger partial charge in [0.1, 0.15) is 5.65 Å². The molecule has 0 spiro atoms. The second-order valence-electron chi connectivity index (χ2n) is 11.6. The molecule has 5 aromatic heterocycles. The third kappa shape index (κ3) is 3.83. The van der Waals surface area contributed by atoms with Gasteiger partial charge in [-0.05, 0) is 48.7 Å². The van der Waals surface area contributed by atoms with Crippen LogP contribution in [0.3, 0.4) is 0 Å².